The van der Waals surface area contributed by atoms with Gasteiger partial charge < -0.3 is 14.6 Å². The Kier molecular flexibility index (Phi) is 16.5. The lowest BCUT2D eigenvalue weighted by molar-refractivity contribution is 0.282. The van der Waals surface area contributed by atoms with Crippen LogP contribution in [0.25, 0.3) is 0 Å². The smallest absolute Gasteiger partial charge is 0.161 e. The van der Waals surface area contributed by atoms with Crippen LogP contribution in [0.3, 0.4) is 0 Å². The maximum atomic E-state index is 10.2. The highest BCUT2D eigenvalue weighted by atomic mass is 16.5. The molecule has 0 aromatic heterocycles. The number of aromatic hydroxyl groups is 1. The third-order valence-corrected chi connectivity index (χ3v) is 5.45. The maximum absolute atomic E-state index is 10.2. The summed E-state index contributed by atoms with van der Waals surface area (Å²) >= 11 is 0. The van der Waals surface area contributed by atoms with Crippen LogP contribution < -0.4 is 9.47 Å². The number of phenols is 1. The molecular formula is C26H46O3. The largest absolute Gasteiger partial charge is 0.504 e. The van der Waals surface area contributed by atoms with E-state index in [9.17, 15) is 5.11 Å². The summed E-state index contributed by atoms with van der Waals surface area (Å²) in [6, 6.07) is 5.39. The monoisotopic (exact) mass is 406 g/mol. The van der Waals surface area contributed by atoms with Crippen molar-refractivity contribution >= 4 is 0 Å². The van der Waals surface area contributed by atoms with E-state index in [0.29, 0.717) is 19.0 Å². The summed E-state index contributed by atoms with van der Waals surface area (Å²) in [5, 5.41) is 10.2. The summed E-state index contributed by atoms with van der Waals surface area (Å²) in [7, 11) is 0. The molecule has 0 heterocycles. The SMILES string of the molecule is CCCCCCCCCCOc1ccc(OCCCCCCCCCC)c(O)c1. The minimum absolute atomic E-state index is 0.179. The third-order valence-electron chi connectivity index (χ3n) is 5.45. The first kappa shape index (κ1) is 25.7. The Hall–Kier alpha value is -1.38. The Morgan fingerprint density at radius 1 is 0.586 bits per heavy atom. The molecule has 0 aliphatic rings. The third kappa shape index (κ3) is 14.3. The molecule has 3 heteroatoms. The van der Waals surface area contributed by atoms with Crippen molar-refractivity contribution in [1.29, 1.82) is 0 Å². The lowest BCUT2D eigenvalue weighted by Crippen LogP contribution is -1.99. The van der Waals surface area contributed by atoms with Gasteiger partial charge in [-0.25, -0.2) is 0 Å². The molecule has 0 atom stereocenters. The van der Waals surface area contributed by atoms with Crippen molar-refractivity contribution in [3.05, 3.63) is 18.2 Å². The Morgan fingerprint density at radius 3 is 1.52 bits per heavy atom. The summed E-state index contributed by atoms with van der Waals surface area (Å²) in [5.41, 5.74) is 0. The van der Waals surface area contributed by atoms with Gasteiger partial charge in [-0.15, -0.1) is 0 Å². The molecule has 3 nitrogen and oxygen atoms in total. The molecule has 29 heavy (non-hydrogen) atoms. The fourth-order valence-electron chi connectivity index (χ4n) is 3.55. The summed E-state index contributed by atoms with van der Waals surface area (Å²) in [4.78, 5) is 0. The van der Waals surface area contributed by atoms with Gasteiger partial charge in [0.05, 0.1) is 13.2 Å². The average molecular weight is 407 g/mol. The number of phenolic OH excluding ortho intramolecular Hbond substituents is 1. The van der Waals surface area contributed by atoms with Gasteiger partial charge >= 0.3 is 0 Å². The van der Waals surface area contributed by atoms with Crippen molar-refractivity contribution < 1.29 is 14.6 Å². The number of rotatable bonds is 20. The zero-order chi connectivity index (χ0) is 21.0. The van der Waals surface area contributed by atoms with Crippen LogP contribution in [0.4, 0.5) is 0 Å². The molecule has 1 aromatic rings. The molecule has 1 rings (SSSR count). The fourth-order valence-corrected chi connectivity index (χ4v) is 3.55. The molecule has 0 aliphatic heterocycles. The van der Waals surface area contributed by atoms with Crippen LogP contribution in [0.1, 0.15) is 117 Å². The minimum Gasteiger partial charge on any atom is -0.504 e. The van der Waals surface area contributed by atoms with Gasteiger partial charge in [-0.3, -0.25) is 0 Å². The number of hydrogen-bond donors (Lipinski definition) is 1. The predicted octanol–water partition coefficient (Wildman–Crippen LogP) is 8.43. The first-order valence-electron chi connectivity index (χ1n) is 12.4. The van der Waals surface area contributed by atoms with Crippen LogP contribution in [-0.4, -0.2) is 18.3 Å². The summed E-state index contributed by atoms with van der Waals surface area (Å²) < 4.78 is 11.5. The zero-order valence-corrected chi connectivity index (χ0v) is 19.2. The molecule has 0 aliphatic carbocycles. The zero-order valence-electron chi connectivity index (χ0n) is 19.2. The van der Waals surface area contributed by atoms with Crippen molar-refractivity contribution in [2.45, 2.75) is 117 Å². The molecule has 0 unspecified atom stereocenters. The fraction of sp³-hybridized carbons (Fsp3) is 0.769. The van der Waals surface area contributed by atoms with Crippen LogP contribution in [0, 0.1) is 0 Å². The van der Waals surface area contributed by atoms with Gasteiger partial charge in [-0.05, 0) is 25.0 Å². The van der Waals surface area contributed by atoms with E-state index in [1.165, 1.54) is 89.9 Å². The molecule has 168 valence electrons. The standard InChI is InChI=1S/C26H46O3/c1-3-5-7-9-11-13-15-17-21-28-24-19-20-26(25(27)23-24)29-22-18-16-14-12-10-8-6-4-2/h19-20,23,27H,3-18,21-22H2,1-2H3. The van der Waals surface area contributed by atoms with E-state index in [1.54, 1.807) is 6.07 Å². The van der Waals surface area contributed by atoms with Gasteiger partial charge in [-0.2, -0.15) is 0 Å². The van der Waals surface area contributed by atoms with Gasteiger partial charge in [-0.1, -0.05) is 104 Å². The van der Waals surface area contributed by atoms with E-state index in [-0.39, 0.29) is 5.75 Å². The first-order valence-corrected chi connectivity index (χ1v) is 12.4. The predicted molar refractivity (Wildman–Crippen MR) is 124 cm³/mol. The number of benzene rings is 1. The topological polar surface area (TPSA) is 38.7 Å². The van der Waals surface area contributed by atoms with Gasteiger partial charge in [0.25, 0.3) is 0 Å². The second-order valence-electron chi connectivity index (χ2n) is 8.28. The normalized spacial score (nSPS) is 11.0. The van der Waals surface area contributed by atoms with E-state index < -0.39 is 0 Å². The lowest BCUT2D eigenvalue weighted by atomic mass is 10.1. The quantitative estimate of drug-likeness (QED) is 0.221. The summed E-state index contributed by atoms with van der Waals surface area (Å²) in [6.45, 7) is 5.89. The van der Waals surface area contributed by atoms with E-state index in [2.05, 4.69) is 13.8 Å². The summed E-state index contributed by atoms with van der Waals surface area (Å²) in [5.74, 6) is 1.47. The molecule has 1 aromatic carbocycles. The van der Waals surface area contributed by atoms with Crippen LogP contribution in [0.15, 0.2) is 18.2 Å². The molecule has 0 fully saturated rings. The van der Waals surface area contributed by atoms with E-state index >= 15 is 0 Å². The van der Waals surface area contributed by atoms with Crippen LogP contribution in [0.5, 0.6) is 17.2 Å². The molecule has 0 radical (unpaired) electrons. The highest BCUT2D eigenvalue weighted by molar-refractivity contribution is 5.44. The van der Waals surface area contributed by atoms with Gasteiger partial charge in [0.15, 0.2) is 11.5 Å². The number of ether oxygens (including phenoxy) is 2. The molecule has 0 saturated heterocycles. The van der Waals surface area contributed by atoms with Gasteiger partial charge in [0, 0.05) is 6.07 Å². The average Bonchev–Trinajstić information content (AvgIpc) is 2.72. The van der Waals surface area contributed by atoms with E-state index in [4.69, 9.17) is 9.47 Å². The Labute approximate surface area is 180 Å². The van der Waals surface area contributed by atoms with Crippen LogP contribution in [0.2, 0.25) is 0 Å². The second kappa shape index (κ2) is 18.6. The molecular weight excluding hydrogens is 360 g/mol. The van der Waals surface area contributed by atoms with Gasteiger partial charge in [0.1, 0.15) is 5.75 Å². The lowest BCUT2D eigenvalue weighted by Gasteiger charge is -2.11. The van der Waals surface area contributed by atoms with Crippen molar-refractivity contribution in [3.63, 3.8) is 0 Å². The first-order chi connectivity index (χ1) is 14.3. The highest BCUT2D eigenvalue weighted by Crippen LogP contribution is 2.30. The van der Waals surface area contributed by atoms with Crippen molar-refractivity contribution in [2.24, 2.45) is 0 Å². The van der Waals surface area contributed by atoms with Crippen LogP contribution in [-0.2, 0) is 0 Å². The Morgan fingerprint density at radius 2 is 1.03 bits per heavy atom. The molecule has 0 bridgehead atoms. The number of unbranched alkanes of at least 4 members (excludes halogenated alkanes) is 14. The Bertz CT molecular complexity index is 487. The van der Waals surface area contributed by atoms with Crippen molar-refractivity contribution in [3.8, 4) is 17.2 Å². The number of hydrogen-bond acceptors (Lipinski definition) is 3. The van der Waals surface area contributed by atoms with Crippen LogP contribution >= 0.6 is 0 Å². The molecule has 1 N–H and O–H groups in total. The molecule has 0 saturated carbocycles. The van der Waals surface area contributed by atoms with Crippen molar-refractivity contribution in [1.82, 2.24) is 0 Å². The van der Waals surface area contributed by atoms with E-state index in [0.717, 1.165) is 18.6 Å². The van der Waals surface area contributed by atoms with E-state index in [1.807, 2.05) is 12.1 Å². The maximum Gasteiger partial charge on any atom is 0.161 e. The van der Waals surface area contributed by atoms with Crippen molar-refractivity contribution in [2.75, 3.05) is 13.2 Å². The Balaban J connectivity index is 2.05. The highest BCUT2D eigenvalue weighted by Gasteiger charge is 2.05. The molecule has 0 spiro atoms. The van der Waals surface area contributed by atoms with Gasteiger partial charge in [0.2, 0.25) is 0 Å². The summed E-state index contributed by atoms with van der Waals surface area (Å²) in [6.07, 6.45) is 20.6. The second-order valence-corrected chi connectivity index (χ2v) is 8.28. The molecule has 0 amide bonds. The minimum atomic E-state index is 0.179.